The number of hydrogen-bond donors (Lipinski definition) is 0. The molecular formula is C14H30. The summed E-state index contributed by atoms with van der Waals surface area (Å²) >= 11 is 0. The molecule has 0 aromatic carbocycles. The Labute approximate surface area is 91.5 Å². The molecule has 14 heavy (non-hydrogen) atoms. The highest BCUT2D eigenvalue weighted by Crippen LogP contribution is 2.29. The zero-order valence-corrected chi connectivity index (χ0v) is 11.0. The molecule has 86 valence electrons. The summed E-state index contributed by atoms with van der Waals surface area (Å²) in [6.07, 6.45) is 8.46. The molecule has 0 saturated heterocycles. The third-order valence-electron chi connectivity index (χ3n) is 3.65. The van der Waals surface area contributed by atoms with Crippen LogP contribution in [-0.4, -0.2) is 0 Å². The molecule has 0 saturated carbocycles. The molecule has 0 amide bonds. The number of hydrogen-bond acceptors (Lipinski definition) is 0. The second-order valence-electron chi connectivity index (χ2n) is 5.15. The fourth-order valence-corrected chi connectivity index (χ4v) is 2.15. The topological polar surface area (TPSA) is 0 Å². The van der Waals surface area contributed by atoms with Crippen molar-refractivity contribution in [2.24, 2.45) is 17.8 Å². The van der Waals surface area contributed by atoms with E-state index in [2.05, 4.69) is 34.6 Å². The Kier molecular flexibility index (Phi) is 8.32. The fourth-order valence-electron chi connectivity index (χ4n) is 2.15. The molecule has 0 N–H and O–H groups in total. The smallest absolute Gasteiger partial charge is 0.0386 e. The highest BCUT2D eigenvalue weighted by Gasteiger charge is 2.18. The van der Waals surface area contributed by atoms with Crippen LogP contribution in [0.1, 0.15) is 73.1 Å². The van der Waals surface area contributed by atoms with Crippen LogP contribution in [0, 0.1) is 17.8 Å². The van der Waals surface area contributed by atoms with E-state index in [9.17, 15) is 0 Å². The van der Waals surface area contributed by atoms with Crippen LogP contribution >= 0.6 is 0 Å². The van der Waals surface area contributed by atoms with Gasteiger partial charge in [0.05, 0.1) is 0 Å². The monoisotopic (exact) mass is 198 g/mol. The largest absolute Gasteiger partial charge is 0.0654 e. The SMILES string of the molecule is CCCCC(CCCC)C(C)C(C)C. The Morgan fingerprint density at radius 1 is 0.786 bits per heavy atom. The standard InChI is InChI=1S/C14H30/c1-6-8-10-14(11-9-7-2)13(5)12(3)4/h12-14H,6-11H2,1-5H3. The third-order valence-corrected chi connectivity index (χ3v) is 3.65. The van der Waals surface area contributed by atoms with Crippen LogP contribution in [0.3, 0.4) is 0 Å². The molecule has 0 bridgehead atoms. The first-order valence-electron chi connectivity index (χ1n) is 6.63. The summed E-state index contributed by atoms with van der Waals surface area (Å²) in [5.74, 6) is 2.75. The van der Waals surface area contributed by atoms with Crippen molar-refractivity contribution >= 4 is 0 Å². The van der Waals surface area contributed by atoms with Crippen LogP contribution in [0.15, 0.2) is 0 Å². The second-order valence-corrected chi connectivity index (χ2v) is 5.15. The van der Waals surface area contributed by atoms with Gasteiger partial charge < -0.3 is 0 Å². The van der Waals surface area contributed by atoms with E-state index in [-0.39, 0.29) is 0 Å². The summed E-state index contributed by atoms with van der Waals surface area (Å²) in [6, 6.07) is 0. The van der Waals surface area contributed by atoms with Crippen molar-refractivity contribution < 1.29 is 0 Å². The van der Waals surface area contributed by atoms with E-state index < -0.39 is 0 Å². The average molecular weight is 198 g/mol. The van der Waals surface area contributed by atoms with Crippen molar-refractivity contribution in [2.75, 3.05) is 0 Å². The van der Waals surface area contributed by atoms with Gasteiger partial charge in [-0.15, -0.1) is 0 Å². The first-order valence-corrected chi connectivity index (χ1v) is 6.63. The lowest BCUT2D eigenvalue weighted by atomic mass is 9.79. The lowest BCUT2D eigenvalue weighted by Crippen LogP contribution is -2.17. The van der Waals surface area contributed by atoms with Gasteiger partial charge in [-0.2, -0.15) is 0 Å². The van der Waals surface area contributed by atoms with Gasteiger partial charge in [-0.1, -0.05) is 73.1 Å². The molecule has 0 heteroatoms. The molecule has 0 spiro atoms. The van der Waals surface area contributed by atoms with E-state index in [4.69, 9.17) is 0 Å². The van der Waals surface area contributed by atoms with Gasteiger partial charge in [-0.25, -0.2) is 0 Å². The van der Waals surface area contributed by atoms with Gasteiger partial charge in [0.25, 0.3) is 0 Å². The van der Waals surface area contributed by atoms with Gasteiger partial charge in [-0.3, -0.25) is 0 Å². The summed E-state index contributed by atoms with van der Waals surface area (Å²) in [4.78, 5) is 0. The van der Waals surface area contributed by atoms with Gasteiger partial charge in [0.15, 0.2) is 0 Å². The Morgan fingerprint density at radius 2 is 1.21 bits per heavy atom. The fraction of sp³-hybridized carbons (Fsp3) is 1.00. The van der Waals surface area contributed by atoms with Gasteiger partial charge in [0.2, 0.25) is 0 Å². The first-order chi connectivity index (χ1) is 6.63. The minimum atomic E-state index is 0.855. The Hall–Kier alpha value is 0. The van der Waals surface area contributed by atoms with E-state index in [1.54, 1.807) is 0 Å². The lowest BCUT2D eigenvalue weighted by Gasteiger charge is -2.27. The molecule has 0 nitrogen and oxygen atoms in total. The molecule has 0 fully saturated rings. The van der Waals surface area contributed by atoms with Crippen molar-refractivity contribution in [3.8, 4) is 0 Å². The molecule has 1 atom stereocenters. The summed E-state index contributed by atoms with van der Waals surface area (Å²) in [6.45, 7) is 11.8. The Balaban J connectivity index is 3.94. The van der Waals surface area contributed by atoms with E-state index in [0.29, 0.717) is 0 Å². The van der Waals surface area contributed by atoms with Crippen LogP contribution in [0.4, 0.5) is 0 Å². The van der Waals surface area contributed by atoms with E-state index in [1.807, 2.05) is 0 Å². The van der Waals surface area contributed by atoms with Crippen LogP contribution in [0.25, 0.3) is 0 Å². The van der Waals surface area contributed by atoms with Gasteiger partial charge >= 0.3 is 0 Å². The molecule has 0 rings (SSSR count). The lowest BCUT2D eigenvalue weighted by molar-refractivity contribution is 0.239. The maximum Gasteiger partial charge on any atom is -0.0386 e. The highest BCUT2D eigenvalue weighted by molar-refractivity contribution is 4.69. The van der Waals surface area contributed by atoms with E-state index >= 15 is 0 Å². The summed E-state index contributed by atoms with van der Waals surface area (Å²) in [5.41, 5.74) is 0. The zero-order valence-electron chi connectivity index (χ0n) is 11.0. The number of rotatable bonds is 8. The zero-order chi connectivity index (χ0) is 11.0. The predicted molar refractivity (Wildman–Crippen MR) is 66.5 cm³/mol. The van der Waals surface area contributed by atoms with Crippen molar-refractivity contribution in [1.29, 1.82) is 0 Å². The molecule has 0 aliphatic heterocycles. The second kappa shape index (κ2) is 8.32. The highest BCUT2D eigenvalue weighted by atomic mass is 14.2. The van der Waals surface area contributed by atoms with E-state index in [1.165, 1.54) is 38.5 Å². The van der Waals surface area contributed by atoms with Gasteiger partial charge in [-0.05, 0) is 17.8 Å². The minimum absolute atomic E-state index is 0.855. The van der Waals surface area contributed by atoms with Crippen LogP contribution in [0.2, 0.25) is 0 Å². The molecule has 0 aliphatic rings. The summed E-state index contributed by atoms with van der Waals surface area (Å²) in [7, 11) is 0. The maximum absolute atomic E-state index is 2.45. The minimum Gasteiger partial charge on any atom is -0.0654 e. The van der Waals surface area contributed by atoms with Gasteiger partial charge in [0.1, 0.15) is 0 Å². The number of unbranched alkanes of at least 4 members (excludes halogenated alkanes) is 2. The molecule has 0 aliphatic carbocycles. The van der Waals surface area contributed by atoms with Crippen molar-refractivity contribution in [3.63, 3.8) is 0 Å². The predicted octanol–water partition coefficient (Wildman–Crippen LogP) is 5.28. The van der Waals surface area contributed by atoms with Crippen LogP contribution in [0.5, 0.6) is 0 Å². The molecule has 0 aromatic rings. The first kappa shape index (κ1) is 14.0. The van der Waals surface area contributed by atoms with Gasteiger partial charge in [0, 0.05) is 0 Å². The Bertz CT molecular complexity index is 107. The maximum atomic E-state index is 2.45. The van der Waals surface area contributed by atoms with Crippen LogP contribution in [-0.2, 0) is 0 Å². The molecular weight excluding hydrogens is 168 g/mol. The molecule has 0 heterocycles. The van der Waals surface area contributed by atoms with Crippen molar-refractivity contribution in [1.82, 2.24) is 0 Å². The normalized spacial score (nSPS) is 13.9. The average Bonchev–Trinajstić information content (AvgIpc) is 2.17. The quantitative estimate of drug-likeness (QED) is 0.498. The Morgan fingerprint density at radius 3 is 1.50 bits per heavy atom. The molecule has 1 unspecified atom stereocenters. The summed E-state index contributed by atoms with van der Waals surface area (Å²) in [5, 5.41) is 0. The van der Waals surface area contributed by atoms with Crippen molar-refractivity contribution in [3.05, 3.63) is 0 Å². The third kappa shape index (κ3) is 5.67. The molecule has 0 radical (unpaired) electrons. The molecule has 0 aromatic heterocycles. The van der Waals surface area contributed by atoms with Crippen molar-refractivity contribution in [2.45, 2.75) is 73.1 Å². The van der Waals surface area contributed by atoms with Crippen LogP contribution < -0.4 is 0 Å². The summed E-state index contributed by atoms with van der Waals surface area (Å²) < 4.78 is 0. The van der Waals surface area contributed by atoms with E-state index in [0.717, 1.165) is 17.8 Å².